The van der Waals surface area contributed by atoms with Gasteiger partial charge in [-0.05, 0) is 42.7 Å². The van der Waals surface area contributed by atoms with Gasteiger partial charge in [0.05, 0.1) is 11.0 Å². The number of nitrogens with zero attached hydrogens (tertiary/aromatic N) is 2. The van der Waals surface area contributed by atoms with Crippen LogP contribution >= 0.6 is 15.9 Å². The molecular formula is C21H18BrN3O2. The number of amides is 1. The van der Waals surface area contributed by atoms with Crippen LogP contribution in [0.2, 0.25) is 0 Å². The van der Waals surface area contributed by atoms with E-state index in [0.29, 0.717) is 34.9 Å². The van der Waals surface area contributed by atoms with Crippen LogP contribution < -0.4 is 5.56 Å². The largest absolute Gasteiger partial charge is 0.331 e. The van der Waals surface area contributed by atoms with Crippen molar-refractivity contribution in [1.82, 2.24) is 14.9 Å². The van der Waals surface area contributed by atoms with Crippen LogP contribution in [0.5, 0.6) is 0 Å². The highest BCUT2D eigenvalue weighted by Crippen LogP contribution is 2.35. The molecule has 0 unspecified atom stereocenters. The predicted molar refractivity (Wildman–Crippen MR) is 108 cm³/mol. The van der Waals surface area contributed by atoms with Gasteiger partial charge in [0.1, 0.15) is 5.69 Å². The molecule has 1 aromatic heterocycles. The second-order valence-electron chi connectivity index (χ2n) is 7.28. The number of halogens is 1. The maximum atomic E-state index is 12.9. The van der Waals surface area contributed by atoms with Gasteiger partial charge in [-0.2, -0.15) is 0 Å². The molecule has 0 bridgehead atoms. The average molecular weight is 424 g/mol. The Morgan fingerprint density at radius 3 is 2.67 bits per heavy atom. The molecule has 1 aliphatic carbocycles. The number of carbonyl (C=O) groups excluding carboxylic acids is 1. The van der Waals surface area contributed by atoms with Gasteiger partial charge in [-0.25, -0.2) is 4.98 Å². The molecule has 3 aromatic rings. The Labute approximate surface area is 164 Å². The van der Waals surface area contributed by atoms with Gasteiger partial charge in [0.25, 0.3) is 11.5 Å². The van der Waals surface area contributed by atoms with Gasteiger partial charge in [0, 0.05) is 28.2 Å². The summed E-state index contributed by atoms with van der Waals surface area (Å²) in [6.07, 6.45) is 4.49. The maximum Gasteiger partial charge on any atom is 0.274 e. The first-order chi connectivity index (χ1) is 13.1. The Hall–Kier alpha value is -2.47. The summed E-state index contributed by atoms with van der Waals surface area (Å²) in [5.74, 6) is 0.0821. The third-order valence-corrected chi connectivity index (χ3v) is 6.16. The molecule has 0 radical (unpaired) electrons. The van der Waals surface area contributed by atoms with Crippen LogP contribution in [0.4, 0.5) is 0 Å². The van der Waals surface area contributed by atoms with E-state index < -0.39 is 0 Å². The summed E-state index contributed by atoms with van der Waals surface area (Å²) in [7, 11) is 0. The summed E-state index contributed by atoms with van der Waals surface area (Å²) in [4.78, 5) is 35.2. The topological polar surface area (TPSA) is 66.1 Å². The second-order valence-corrected chi connectivity index (χ2v) is 8.19. The first-order valence-electron chi connectivity index (χ1n) is 9.24. The van der Waals surface area contributed by atoms with E-state index >= 15 is 0 Å². The first-order valence-corrected chi connectivity index (χ1v) is 10.0. The lowest BCUT2D eigenvalue weighted by molar-refractivity contribution is 0.0707. The highest BCUT2D eigenvalue weighted by molar-refractivity contribution is 9.10. The number of aromatic nitrogens is 2. The van der Waals surface area contributed by atoms with E-state index in [4.69, 9.17) is 0 Å². The van der Waals surface area contributed by atoms with Gasteiger partial charge in [-0.15, -0.1) is 0 Å². The van der Waals surface area contributed by atoms with Gasteiger partial charge in [0.2, 0.25) is 0 Å². The lowest BCUT2D eigenvalue weighted by Gasteiger charge is -2.23. The van der Waals surface area contributed by atoms with E-state index in [1.807, 2.05) is 41.3 Å². The molecule has 0 spiro atoms. The lowest BCUT2D eigenvalue weighted by atomic mass is 10.0. The van der Waals surface area contributed by atoms with Crippen molar-refractivity contribution in [3.05, 3.63) is 62.4 Å². The fourth-order valence-corrected chi connectivity index (χ4v) is 4.67. The molecule has 5 rings (SSSR count). The van der Waals surface area contributed by atoms with Crippen molar-refractivity contribution in [2.75, 3.05) is 0 Å². The van der Waals surface area contributed by atoms with E-state index in [1.54, 1.807) is 0 Å². The molecule has 1 saturated carbocycles. The van der Waals surface area contributed by atoms with Crippen molar-refractivity contribution in [1.29, 1.82) is 0 Å². The highest BCUT2D eigenvalue weighted by Gasteiger charge is 2.35. The molecule has 6 heteroatoms. The van der Waals surface area contributed by atoms with E-state index in [2.05, 4.69) is 25.9 Å². The normalized spacial score (nSPS) is 17.1. The molecule has 2 aliphatic rings. The quantitative estimate of drug-likeness (QED) is 0.669. The summed E-state index contributed by atoms with van der Waals surface area (Å²) in [5.41, 5.74) is 3.93. The van der Waals surface area contributed by atoms with Crippen molar-refractivity contribution in [3.63, 3.8) is 0 Å². The van der Waals surface area contributed by atoms with Gasteiger partial charge >= 0.3 is 0 Å². The number of hydrogen-bond donors (Lipinski definition) is 1. The molecule has 0 saturated heterocycles. The van der Waals surface area contributed by atoms with Crippen molar-refractivity contribution >= 4 is 32.9 Å². The van der Waals surface area contributed by atoms with Crippen LogP contribution in [0.3, 0.4) is 0 Å². The smallest absolute Gasteiger partial charge is 0.274 e. The van der Waals surface area contributed by atoms with Gasteiger partial charge in [-0.1, -0.05) is 40.9 Å². The van der Waals surface area contributed by atoms with Gasteiger partial charge < -0.3 is 9.88 Å². The number of aromatic amines is 1. The van der Waals surface area contributed by atoms with Crippen molar-refractivity contribution in [3.8, 4) is 11.3 Å². The van der Waals surface area contributed by atoms with Crippen LogP contribution in [-0.4, -0.2) is 26.8 Å². The van der Waals surface area contributed by atoms with Crippen LogP contribution in [0, 0.1) is 0 Å². The Balaban J connectivity index is 1.64. The van der Waals surface area contributed by atoms with E-state index in [-0.39, 0.29) is 11.5 Å². The summed E-state index contributed by atoms with van der Waals surface area (Å²) in [6, 6.07) is 11.5. The number of hydrogen-bond acceptors (Lipinski definition) is 3. The van der Waals surface area contributed by atoms with E-state index in [1.165, 1.54) is 12.8 Å². The molecule has 1 aliphatic heterocycles. The summed E-state index contributed by atoms with van der Waals surface area (Å²) < 4.78 is 0.904. The molecule has 27 heavy (non-hydrogen) atoms. The molecule has 5 nitrogen and oxygen atoms in total. The summed E-state index contributed by atoms with van der Waals surface area (Å²) in [6.45, 7) is 0.562. The maximum absolute atomic E-state index is 12.9. The minimum absolute atomic E-state index is 0.0821. The minimum atomic E-state index is -0.231. The zero-order chi connectivity index (χ0) is 18.5. The number of benzene rings is 2. The molecule has 136 valence electrons. The number of rotatable bonds is 2. The molecule has 1 N–H and O–H groups in total. The Kier molecular flexibility index (Phi) is 3.90. The van der Waals surface area contributed by atoms with Gasteiger partial charge in [-0.3, -0.25) is 9.59 Å². The minimum Gasteiger partial charge on any atom is -0.331 e. The number of carbonyl (C=O) groups is 1. The van der Waals surface area contributed by atoms with Crippen LogP contribution in [0.15, 0.2) is 45.7 Å². The fraction of sp³-hybridized carbons (Fsp3) is 0.286. The molecule has 2 heterocycles. The molecule has 1 fully saturated rings. The predicted octanol–water partition coefficient (Wildman–Crippen LogP) is 4.25. The lowest BCUT2D eigenvalue weighted by Crippen LogP contribution is -2.33. The summed E-state index contributed by atoms with van der Waals surface area (Å²) in [5, 5.41) is 0. The van der Waals surface area contributed by atoms with Crippen LogP contribution in [0.25, 0.3) is 22.3 Å². The Bertz CT molecular complexity index is 1130. The fourth-order valence-electron chi connectivity index (χ4n) is 4.33. The highest BCUT2D eigenvalue weighted by atomic mass is 79.9. The van der Waals surface area contributed by atoms with E-state index in [9.17, 15) is 9.59 Å². The second kappa shape index (κ2) is 6.30. The van der Waals surface area contributed by atoms with Crippen molar-refractivity contribution in [2.45, 2.75) is 38.3 Å². The molecule has 1 amide bonds. The van der Waals surface area contributed by atoms with Crippen LogP contribution in [-0.2, 0) is 6.54 Å². The third-order valence-electron chi connectivity index (χ3n) is 5.67. The third kappa shape index (κ3) is 2.70. The van der Waals surface area contributed by atoms with Gasteiger partial charge in [0.15, 0.2) is 0 Å². The number of H-pyrrole nitrogens is 1. The van der Waals surface area contributed by atoms with Crippen molar-refractivity contribution < 1.29 is 4.79 Å². The van der Waals surface area contributed by atoms with E-state index in [0.717, 1.165) is 28.4 Å². The standard InChI is InChI=1S/C21H18BrN3O2/c22-12-8-9-17-18(10-12)23-19(20(26)24-17)14-6-3-7-15-16(14)11-25(21(15)27)13-4-1-2-5-13/h3,6-10,13H,1-2,4-5,11H2,(H,24,26). The number of fused-ring (bicyclic) bond motifs is 2. The molecule has 0 atom stereocenters. The van der Waals surface area contributed by atoms with Crippen molar-refractivity contribution in [2.24, 2.45) is 0 Å². The monoisotopic (exact) mass is 423 g/mol. The summed E-state index contributed by atoms with van der Waals surface area (Å²) >= 11 is 3.45. The zero-order valence-electron chi connectivity index (χ0n) is 14.7. The first kappa shape index (κ1) is 16.7. The SMILES string of the molecule is O=C1c2cccc(-c3nc4cc(Br)ccc4[nH]c3=O)c2CN1C1CCCC1. The van der Waals surface area contributed by atoms with Crippen LogP contribution in [0.1, 0.15) is 41.6 Å². The zero-order valence-corrected chi connectivity index (χ0v) is 16.3. The average Bonchev–Trinajstić information content (AvgIpc) is 3.30. The molecular weight excluding hydrogens is 406 g/mol. The Morgan fingerprint density at radius 1 is 1.07 bits per heavy atom. The molecule has 2 aromatic carbocycles. The Morgan fingerprint density at radius 2 is 1.85 bits per heavy atom. The number of nitrogens with one attached hydrogen (secondary N) is 1.